The highest BCUT2D eigenvalue weighted by atomic mass is 32.2. The molecule has 1 amide bonds. The molecule has 0 spiro atoms. The van der Waals surface area contributed by atoms with Crippen molar-refractivity contribution < 1.29 is 17.9 Å². The Balaban J connectivity index is 2.15. The van der Waals surface area contributed by atoms with Crippen LogP contribution >= 0.6 is 0 Å². The number of benzene rings is 2. The van der Waals surface area contributed by atoms with Gasteiger partial charge in [-0.2, -0.15) is 0 Å². The summed E-state index contributed by atoms with van der Waals surface area (Å²) in [5, 5.41) is 2.87. The van der Waals surface area contributed by atoms with Gasteiger partial charge in [0.2, 0.25) is 15.9 Å². The Kier molecular flexibility index (Phi) is 6.39. The van der Waals surface area contributed by atoms with Crippen LogP contribution in [0.1, 0.15) is 17.5 Å². The summed E-state index contributed by atoms with van der Waals surface area (Å²) >= 11 is 0. The molecule has 2 rings (SSSR count). The number of hydrogen-bond acceptors (Lipinski definition) is 4. The van der Waals surface area contributed by atoms with Crippen molar-refractivity contribution in [2.45, 2.75) is 24.7 Å². The molecule has 0 saturated carbocycles. The Morgan fingerprint density at radius 3 is 2.46 bits per heavy atom. The fourth-order valence-electron chi connectivity index (χ4n) is 2.50. The van der Waals surface area contributed by atoms with Crippen LogP contribution < -0.4 is 10.1 Å². The Morgan fingerprint density at radius 2 is 1.85 bits per heavy atom. The van der Waals surface area contributed by atoms with Gasteiger partial charge in [-0.25, -0.2) is 12.7 Å². The van der Waals surface area contributed by atoms with E-state index in [9.17, 15) is 13.2 Å². The van der Waals surface area contributed by atoms with E-state index in [1.54, 1.807) is 12.1 Å². The van der Waals surface area contributed by atoms with Gasteiger partial charge in [0, 0.05) is 26.2 Å². The molecule has 0 aliphatic heterocycles. The SMILES string of the molecule is COc1ccc(S(=O)(=O)N(C)C)cc1CCC(=O)Nc1ccccc1C. The molecule has 26 heavy (non-hydrogen) atoms. The molecule has 7 heteroatoms. The van der Waals surface area contributed by atoms with Crippen LogP contribution in [0.4, 0.5) is 5.69 Å². The van der Waals surface area contributed by atoms with E-state index in [1.165, 1.54) is 27.3 Å². The number of anilines is 1. The zero-order valence-electron chi connectivity index (χ0n) is 15.4. The number of carbonyl (C=O) groups is 1. The average Bonchev–Trinajstić information content (AvgIpc) is 2.61. The van der Waals surface area contributed by atoms with Crippen molar-refractivity contribution in [1.29, 1.82) is 0 Å². The van der Waals surface area contributed by atoms with Gasteiger partial charge in [0.1, 0.15) is 5.75 Å². The maximum Gasteiger partial charge on any atom is 0.242 e. The summed E-state index contributed by atoms with van der Waals surface area (Å²) in [6, 6.07) is 12.2. The predicted molar refractivity (Wildman–Crippen MR) is 102 cm³/mol. The summed E-state index contributed by atoms with van der Waals surface area (Å²) in [4.78, 5) is 12.4. The lowest BCUT2D eigenvalue weighted by Gasteiger charge is -2.15. The van der Waals surface area contributed by atoms with Crippen molar-refractivity contribution in [2.24, 2.45) is 0 Å². The molecule has 1 N–H and O–H groups in total. The Labute approximate surface area is 154 Å². The van der Waals surface area contributed by atoms with Crippen LogP contribution in [0.5, 0.6) is 5.75 Å². The molecule has 0 aliphatic rings. The molecule has 2 aromatic carbocycles. The molecule has 6 nitrogen and oxygen atoms in total. The lowest BCUT2D eigenvalue weighted by molar-refractivity contribution is -0.116. The fourth-order valence-corrected chi connectivity index (χ4v) is 3.45. The van der Waals surface area contributed by atoms with Gasteiger partial charge in [-0.3, -0.25) is 4.79 Å². The third kappa shape index (κ3) is 4.62. The van der Waals surface area contributed by atoms with Crippen molar-refractivity contribution in [3.05, 3.63) is 53.6 Å². The second kappa shape index (κ2) is 8.33. The summed E-state index contributed by atoms with van der Waals surface area (Å²) in [7, 11) is 0.942. The monoisotopic (exact) mass is 376 g/mol. The zero-order valence-corrected chi connectivity index (χ0v) is 16.3. The Morgan fingerprint density at radius 1 is 1.15 bits per heavy atom. The van der Waals surface area contributed by atoms with Crippen LogP contribution in [0.2, 0.25) is 0 Å². The van der Waals surface area contributed by atoms with Gasteiger partial charge >= 0.3 is 0 Å². The first-order chi connectivity index (χ1) is 12.3. The average molecular weight is 376 g/mol. The second-order valence-electron chi connectivity index (χ2n) is 6.12. The Hall–Kier alpha value is -2.38. The van der Waals surface area contributed by atoms with E-state index in [1.807, 2.05) is 31.2 Å². The van der Waals surface area contributed by atoms with Gasteiger partial charge in [-0.05, 0) is 48.7 Å². The van der Waals surface area contributed by atoms with E-state index in [2.05, 4.69) is 5.32 Å². The standard InChI is InChI=1S/C19H24N2O4S/c1-14-7-5-6-8-17(14)20-19(22)12-9-15-13-16(10-11-18(15)25-4)26(23,24)21(2)3/h5-8,10-11,13H,9,12H2,1-4H3,(H,20,22). The summed E-state index contributed by atoms with van der Waals surface area (Å²) in [6.45, 7) is 1.92. The topological polar surface area (TPSA) is 75.7 Å². The normalized spacial score (nSPS) is 11.4. The molecule has 0 saturated heterocycles. The van der Waals surface area contributed by atoms with Crippen molar-refractivity contribution in [3.63, 3.8) is 0 Å². The molecule has 140 valence electrons. The van der Waals surface area contributed by atoms with Gasteiger partial charge in [0.15, 0.2) is 0 Å². The zero-order chi connectivity index (χ0) is 19.3. The van der Waals surface area contributed by atoms with E-state index in [0.29, 0.717) is 17.7 Å². The molecule has 0 aromatic heterocycles. The van der Waals surface area contributed by atoms with Gasteiger partial charge in [0.05, 0.1) is 12.0 Å². The second-order valence-corrected chi connectivity index (χ2v) is 8.28. The predicted octanol–water partition coefficient (Wildman–Crippen LogP) is 2.83. The minimum absolute atomic E-state index is 0.137. The van der Waals surface area contributed by atoms with Crippen LogP contribution in [-0.4, -0.2) is 39.8 Å². The first kappa shape index (κ1) is 19.9. The van der Waals surface area contributed by atoms with Gasteiger partial charge in [0.25, 0.3) is 0 Å². The summed E-state index contributed by atoms with van der Waals surface area (Å²) in [5.74, 6) is 0.425. The van der Waals surface area contributed by atoms with Crippen LogP contribution in [0, 0.1) is 6.92 Å². The number of para-hydroxylation sites is 1. The minimum atomic E-state index is -3.54. The third-order valence-electron chi connectivity index (χ3n) is 4.07. The lowest BCUT2D eigenvalue weighted by atomic mass is 10.1. The molecule has 0 heterocycles. The molecule has 0 radical (unpaired) electrons. The molecule has 0 bridgehead atoms. The van der Waals surface area contributed by atoms with Crippen molar-refractivity contribution in [1.82, 2.24) is 4.31 Å². The largest absolute Gasteiger partial charge is 0.496 e. The maximum absolute atomic E-state index is 12.3. The summed E-state index contributed by atoms with van der Waals surface area (Å²) in [6.07, 6.45) is 0.591. The van der Waals surface area contributed by atoms with Gasteiger partial charge in [-0.15, -0.1) is 0 Å². The smallest absolute Gasteiger partial charge is 0.242 e. The molecular formula is C19H24N2O4S. The van der Waals surface area contributed by atoms with Gasteiger partial charge < -0.3 is 10.1 Å². The number of ether oxygens (including phenoxy) is 1. The van der Waals surface area contributed by atoms with E-state index in [-0.39, 0.29) is 17.2 Å². The number of hydrogen-bond donors (Lipinski definition) is 1. The third-order valence-corrected chi connectivity index (χ3v) is 5.88. The summed E-state index contributed by atoms with van der Waals surface area (Å²) < 4.78 is 31.1. The molecule has 0 aliphatic carbocycles. The lowest BCUT2D eigenvalue weighted by Crippen LogP contribution is -2.22. The molecular weight excluding hydrogens is 352 g/mol. The van der Waals surface area contributed by atoms with Crippen molar-refractivity contribution in [2.75, 3.05) is 26.5 Å². The molecule has 0 atom stereocenters. The number of nitrogens with zero attached hydrogens (tertiary/aromatic N) is 1. The maximum atomic E-state index is 12.3. The molecule has 0 fully saturated rings. The van der Waals surface area contributed by atoms with Crippen LogP contribution in [0.15, 0.2) is 47.4 Å². The Bertz CT molecular complexity index is 892. The highest BCUT2D eigenvalue weighted by Crippen LogP contribution is 2.25. The number of rotatable bonds is 7. The van der Waals surface area contributed by atoms with Crippen LogP contribution in [0.3, 0.4) is 0 Å². The summed E-state index contributed by atoms with van der Waals surface area (Å²) in [5.41, 5.74) is 2.43. The van der Waals surface area contributed by atoms with Crippen molar-refractivity contribution in [3.8, 4) is 5.75 Å². The van der Waals surface area contributed by atoms with Gasteiger partial charge in [-0.1, -0.05) is 18.2 Å². The number of carbonyl (C=O) groups excluding carboxylic acids is 1. The van der Waals surface area contributed by atoms with Crippen LogP contribution in [-0.2, 0) is 21.2 Å². The number of aryl methyl sites for hydroxylation is 2. The van der Waals surface area contributed by atoms with E-state index < -0.39 is 10.0 Å². The van der Waals surface area contributed by atoms with Crippen molar-refractivity contribution >= 4 is 21.6 Å². The first-order valence-electron chi connectivity index (χ1n) is 8.20. The highest BCUT2D eigenvalue weighted by molar-refractivity contribution is 7.89. The fraction of sp³-hybridized carbons (Fsp3) is 0.316. The number of nitrogens with one attached hydrogen (secondary N) is 1. The number of sulfonamides is 1. The molecule has 2 aromatic rings. The van der Waals surface area contributed by atoms with E-state index >= 15 is 0 Å². The molecule has 0 unspecified atom stereocenters. The first-order valence-corrected chi connectivity index (χ1v) is 9.64. The quantitative estimate of drug-likeness (QED) is 0.806. The highest BCUT2D eigenvalue weighted by Gasteiger charge is 2.19. The number of methoxy groups -OCH3 is 1. The van der Waals surface area contributed by atoms with E-state index in [4.69, 9.17) is 4.74 Å². The van der Waals surface area contributed by atoms with Crippen LogP contribution in [0.25, 0.3) is 0 Å². The minimum Gasteiger partial charge on any atom is -0.496 e. The number of amides is 1. The van der Waals surface area contributed by atoms with E-state index in [0.717, 1.165) is 15.6 Å².